The lowest BCUT2D eigenvalue weighted by Crippen LogP contribution is -1.84. The van der Waals surface area contributed by atoms with Gasteiger partial charge in [-0.2, -0.15) is 0 Å². The van der Waals surface area contributed by atoms with Crippen molar-refractivity contribution in [2.24, 2.45) is 0 Å². The summed E-state index contributed by atoms with van der Waals surface area (Å²) in [6, 6.07) is 17.5. The number of rotatable bonds is 4. The minimum absolute atomic E-state index is 1.05. The highest BCUT2D eigenvalue weighted by atomic mass is 32.1. The quantitative estimate of drug-likeness (QED) is 0.610. The maximum absolute atomic E-state index is 2.35. The highest BCUT2D eigenvalue weighted by molar-refractivity contribution is 7.12. The predicted octanol–water partition coefficient (Wildman–Crippen LogP) is 5.30. The fourth-order valence-electron chi connectivity index (χ4n) is 2.19. The van der Waals surface area contributed by atoms with Gasteiger partial charge < -0.3 is 0 Å². The fraction of sp³-hybridized carbons (Fsp3) is 0.176. The van der Waals surface area contributed by atoms with Crippen LogP contribution in [0.2, 0.25) is 0 Å². The Morgan fingerprint density at radius 3 is 2.37 bits per heavy atom. The number of thiophene rings is 2. The third-order valence-corrected chi connectivity index (χ3v) is 5.09. The number of hydrogen-bond acceptors (Lipinski definition) is 2. The Kier molecular flexibility index (Phi) is 3.81. The summed E-state index contributed by atoms with van der Waals surface area (Å²) in [5.74, 6) is 0. The molecule has 0 unspecified atom stereocenters. The van der Waals surface area contributed by atoms with E-state index in [9.17, 15) is 0 Å². The minimum Gasteiger partial charge on any atom is -0.148 e. The van der Waals surface area contributed by atoms with Crippen molar-refractivity contribution in [3.05, 3.63) is 79.7 Å². The van der Waals surface area contributed by atoms with Gasteiger partial charge in [-0.1, -0.05) is 30.3 Å². The first kappa shape index (κ1) is 12.6. The van der Waals surface area contributed by atoms with Gasteiger partial charge in [0.2, 0.25) is 0 Å². The number of benzene rings is 1. The third-order valence-electron chi connectivity index (χ3n) is 3.10. The van der Waals surface area contributed by atoms with E-state index < -0.39 is 0 Å². The third kappa shape index (κ3) is 3.34. The Morgan fingerprint density at radius 2 is 1.63 bits per heavy atom. The van der Waals surface area contributed by atoms with Gasteiger partial charge in [-0.15, -0.1) is 22.7 Å². The lowest BCUT2D eigenvalue weighted by atomic mass is 10.1. The summed E-state index contributed by atoms with van der Waals surface area (Å²) < 4.78 is 0. The summed E-state index contributed by atoms with van der Waals surface area (Å²) in [4.78, 5) is 4.31. The van der Waals surface area contributed by atoms with Gasteiger partial charge in [0.15, 0.2) is 0 Å². The van der Waals surface area contributed by atoms with Gasteiger partial charge in [-0.25, -0.2) is 0 Å². The summed E-state index contributed by atoms with van der Waals surface area (Å²) in [6.45, 7) is 2.17. The molecule has 0 aliphatic carbocycles. The van der Waals surface area contributed by atoms with E-state index in [1.807, 2.05) is 22.7 Å². The largest absolute Gasteiger partial charge is 0.148 e. The summed E-state index contributed by atoms with van der Waals surface area (Å²) >= 11 is 3.78. The van der Waals surface area contributed by atoms with Crippen LogP contribution < -0.4 is 0 Å². The molecule has 0 radical (unpaired) electrons. The van der Waals surface area contributed by atoms with Crippen LogP contribution in [0.1, 0.15) is 25.8 Å². The molecule has 0 fully saturated rings. The molecule has 2 heteroatoms. The second kappa shape index (κ2) is 5.72. The zero-order valence-corrected chi connectivity index (χ0v) is 12.6. The number of hydrogen-bond donors (Lipinski definition) is 0. The Labute approximate surface area is 122 Å². The highest BCUT2D eigenvalue weighted by Crippen LogP contribution is 2.24. The van der Waals surface area contributed by atoms with Crippen molar-refractivity contribution in [3.63, 3.8) is 0 Å². The van der Waals surface area contributed by atoms with E-state index in [0.29, 0.717) is 0 Å². The highest BCUT2D eigenvalue weighted by Gasteiger charge is 2.04. The molecule has 0 bridgehead atoms. The maximum Gasteiger partial charge on any atom is 0.00921 e. The molecule has 2 heterocycles. The van der Waals surface area contributed by atoms with Crippen molar-refractivity contribution in [2.75, 3.05) is 0 Å². The summed E-state index contributed by atoms with van der Waals surface area (Å²) in [6.07, 6.45) is 2.12. The lowest BCUT2D eigenvalue weighted by molar-refractivity contribution is 1.21. The van der Waals surface area contributed by atoms with Crippen molar-refractivity contribution in [1.82, 2.24) is 0 Å². The second-order valence-corrected chi connectivity index (χ2v) is 7.14. The second-order valence-electron chi connectivity index (χ2n) is 4.77. The zero-order chi connectivity index (χ0) is 13.1. The van der Waals surface area contributed by atoms with E-state index in [2.05, 4.69) is 60.8 Å². The molecule has 0 saturated carbocycles. The van der Waals surface area contributed by atoms with E-state index in [4.69, 9.17) is 0 Å². The van der Waals surface area contributed by atoms with E-state index in [1.54, 1.807) is 0 Å². The van der Waals surface area contributed by atoms with E-state index in [0.717, 1.165) is 12.8 Å². The van der Waals surface area contributed by atoms with Crippen LogP contribution in [-0.2, 0) is 12.8 Å². The van der Waals surface area contributed by atoms with Crippen LogP contribution >= 0.6 is 22.7 Å². The van der Waals surface area contributed by atoms with Crippen LogP contribution in [0.5, 0.6) is 0 Å². The summed E-state index contributed by atoms with van der Waals surface area (Å²) in [7, 11) is 0. The molecule has 0 spiro atoms. The summed E-state index contributed by atoms with van der Waals surface area (Å²) in [5, 5.41) is 2.30. The molecule has 3 rings (SSSR count). The average Bonchev–Trinajstić information content (AvgIpc) is 3.01. The van der Waals surface area contributed by atoms with Gasteiger partial charge in [-0.3, -0.25) is 0 Å². The van der Waals surface area contributed by atoms with Crippen molar-refractivity contribution in [1.29, 1.82) is 0 Å². The standard InChI is InChI=1S/C17H16S2/c1-13-7-8-16(19-13)10-15-11-17(18-12-15)9-14-5-3-2-4-6-14/h2-8,11-12H,9-10H2,1H3. The molecular weight excluding hydrogens is 268 g/mol. The smallest absolute Gasteiger partial charge is 0.00921 e. The molecule has 0 N–H and O–H groups in total. The Bertz CT molecular complexity index is 647. The first-order chi connectivity index (χ1) is 9.29. The van der Waals surface area contributed by atoms with Gasteiger partial charge in [0.25, 0.3) is 0 Å². The minimum atomic E-state index is 1.05. The number of aryl methyl sites for hydroxylation is 1. The van der Waals surface area contributed by atoms with Crippen LogP contribution in [0.25, 0.3) is 0 Å². The van der Waals surface area contributed by atoms with Gasteiger partial charge >= 0.3 is 0 Å². The molecule has 0 atom stereocenters. The average molecular weight is 284 g/mol. The van der Waals surface area contributed by atoms with Crippen molar-refractivity contribution >= 4 is 22.7 Å². The first-order valence-electron chi connectivity index (χ1n) is 6.45. The van der Waals surface area contributed by atoms with Gasteiger partial charge in [0, 0.05) is 27.5 Å². The van der Waals surface area contributed by atoms with E-state index in [1.165, 1.54) is 25.8 Å². The zero-order valence-electron chi connectivity index (χ0n) is 10.9. The lowest BCUT2D eigenvalue weighted by Gasteiger charge is -1.97. The first-order valence-corrected chi connectivity index (χ1v) is 8.15. The SMILES string of the molecule is Cc1ccc(Cc2csc(Cc3ccccc3)c2)s1. The normalized spacial score (nSPS) is 10.8. The molecule has 2 aromatic heterocycles. The molecule has 1 aromatic carbocycles. The molecule has 0 aliphatic heterocycles. The molecule has 0 aliphatic rings. The van der Waals surface area contributed by atoms with E-state index >= 15 is 0 Å². The van der Waals surface area contributed by atoms with Crippen LogP contribution in [0.15, 0.2) is 53.9 Å². The molecular formula is C17H16S2. The van der Waals surface area contributed by atoms with Crippen LogP contribution in [0, 0.1) is 6.92 Å². The molecule has 0 amide bonds. The molecule has 0 nitrogen and oxygen atoms in total. The Balaban J connectivity index is 1.69. The molecule has 96 valence electrons. The molecule has 0 saturated heterocycles. The predicted molar refractivity (Wildman–Crippen MR) is 85.4 cm³/mol. The maximum atomic E-state index is 2.35. The Morgan fingerprint density at radius 1 is 0.842 bits per heavy atom. The van der Waals surface area contributed by atoms with Crippen LogP contribution in [0.4, 0.5) is 0 Å². The Hall–Kier alpha value is -1.38. The van der Waals surface area contributed by atoms with Crippen LogP contribution in [0.3, 0.4) is 0 Å². The van der Waals surface area contributed by atoms with Crippen molar-refractivity contribution < 1.29 is 0 Å². The van der Waals surface area contributed by atoms with Gasteiger partial charge in [0.05, 0.1) is 0 Å². The molecule has 19 heavy (non-hydrogen) atoms. The van der Waals surface area contributed by atoms with Gasteiger partial charge in [-0.05, 0) is 41.6 Å². The molecule has 3 aromatic rings. The topological polar surface area (TPSA) is 0 Å². The van der Waals surface area contributed by atoms with Crippen molar-refractivity contribution in [3.8, 4) is 0 Å². The van der Waals surface area contributed by atoms with Crippen LogP contribution in [-0.4, -0.2) is 0 Å². The van der Waals surface area contributed by atoms with Crippen molar-refractivity contribution in [2.45, 2.75) is 19.8 Å². The monoisotopic (exact) mass is 284 g/mol. The fourth-order valence-corrected chi connectivity index (χ4v) is 4.04. The van der Waals surface area contributed by atoms with E-state index in [-0.39, 0.29) is 0 Å². The summed E-state index contributed by atoms with van der Waals surface area (Å²) in [5.41, 5.74) is 2.83. The van der Waals surface area contributed by atoms with Gasteiger partial charge in [0.1, 0.15) is 0 Å².